The van der Waals surface area contributed by atoms with Crippen LogP contribution in [0.25, 0.3) is 0 Å². The van der Waals surface area contributed by atoms with Crippen LogP contribution in [0, 0.1) is 6.92 Å². The molecule has 0 amide bonds. The van der Waals surface area contributed by atoms with E-state index in [9.17, 15) is 4.79 Å². The van der Waals surface area contributed by atoms with Crippen LogP contribution in [-0.2, 0) is 6.61 Å². The number of carbonyl (C=O) groups is 1. The predicted molar refractivity (Wildman–Crippen MR) is 62.9 cm³/mol. The molecule has 2 rings (SSSR count). The standard InChI is InChI=1S/C13H12N2O2/c1-10-7-11(8-16)15-13(14-10)9-17-12-5-3-2-4-6-12/h2-8H,9H2,1H3. The Morgan fingerprint density at radius 1 is 1.24 bits per heavy atom. The average molecular weight is 228 g/mol. The average Bonchev–Trinajstić information content (AvgIpc) is 2.37. The molecule has 0 N–H and O–H groups in total. The maximum absolute atomic E-state index is 10.7. The van der Waals surface area contributed by atoms with Crippen LogP contribution in [0.3, 0.4) is 0 Å². The molecular weight excluding hydrogens is 216 g/mol. The van der Waals surface area contributed by atoms with Crippen molar-refractivity contribution in [1.82, 2.24) is 9.97 Å². The number of carbonyl (C=O) groups excluding carboxylic acids is 1. The van der Waals surface area contributed by atoms with Crippen molar-refractivity contribution >= 4 is 6.29 Å². The normalized spacial score (nSPS) is 9.94. The Hall–Kier alpha value is -2.23. The molecular formula is C13H12N2O2. The number of aldehydes is 1. The number of para-hydroxylation sites is 1. The summed E-state index contributed by atoms with van der Waals surface area (Å²) in [6, 6.07) is 11.1. The first kappa shape index (κ1) is 11.3. The van der Waals surface area contributed by atoms with Crippen LogP contribution in [0.1, 0.15) is 22.0 Å². The maximum Gasteiger partial charge on any atom is 0.168 e. The van der Waals surface area contributed by atoms with Gasteiger partial charge < -0.3 is 4.74 Å². The van der Waals surface area contributed by atoms with Crippen LogP contribution in [0.15, 0.2) is 36.4 Å². The van der Waals surface area contributed by atoms with Crippen molar-refractivity contribution in [3.05, 3.63) is 53.6 Å². The highest BCUT2D eigenvalue weighted by Gasteiger charge is 2.02. The molecule has 0 aliphatic carbocycles. The molecule has 0 saturated carbocycles. The third-order valence-electron chi connectivity index (χ3n) is 2.15. The molecule has 2 aromatic rings. The van der Waals surface area contributed by atoms with Crippen molar-refractivity contribution in [2.24, 2.45) is 0 Å². The number of benzene rings is 1. The van der Waals surface area contributed by atoms with Crippen molar-refractivity contribution in [3.63, 3.8) is 0 Å². The lowest BCUT2D eigenvalue weighted by Gasteiger charge is -2.05. The first-order valence-corrected chi connectivity index (χ1v) is 5.25. The molecule has 1 aromatic carbocycles. The summed E-state index contributed by atoms with van der Waals surface area (Å²) in [5.41, 5.74) is 1.14. The number of hydrogen-bond donors (Lipinski definition) is 0. The second-order valence-electron chi connectivity index (χ2n) is 3.57. The highest BCUT2D eigenvalue weighted by Crippen LogP contribution is 2.10. The quantitative estimate of drug-likeness (QED) is 0.752. The number of aryl methyl sites for hydroxylation is 1. The third-order valence-corrected chi connectivity index (χ3v) is 2.15. The topological polar surface area (TPSA) is 52.1 Å². The van der Waals surface area contributed by atoms with Crippen LogP contribution in [-0.4, -0.2) is 16.3 Å². The van der Waals surface area contributed by atoms with Crippen molar-refractivity contribution in [1.29, 1.82) is 0 Å². The fourth-order valence-electron chi connectivity index (χ4n) is 1.45. The molecule has 4 heteroatoms. The summed E-state index contributed by atoms with van der Waals surface area (Å²) < 4.78 is 5.51. The number of nitrogens with zero attached hydrogens (tertiary/aromatic N) is 2. The van der Waals surface area contributed by atoms with Gasteiger partial charge in [-0.05, 0) is 25.1 Å². The van der Waals surface area contributed by atoms with Crippen LogP contribution in [0.5, 0.6) is 5.75 Å². The second-order valence-corrected chi connectivity index (χ2v) is 3.57. The van der Waals surface area contributed by atoms with Crippen molar-refractivity contribution in [2.75, 3.05) is 0 Å². The molecule has 0 spiro atoms. The molecule has 0 aliphatic rings. The Kier molecular flexibility index (Phi) is 3.45. The van der Waals surface area contributed by atoms with Gasteiger partial charge in [0.25, 0.3) is 0 Å². The van der Waals surface area contributed by atoms with Gasteiger partial charge in [0, 0.05) is 5.69 Å². The van der Waals surface area contributed by atoms with Gasteiger partial charge in [0.05, 0.1) is 0 Å². The van der Waals surface area contributed by atoms with E-state index >= 15 is 0 Å². The summed E-state index contributed by atoms with van der Waals surface area (Å²) in [7, 11) is 0. The molecule has 4 nitrogen and oxygen atoms in total. The van der Waals surface area contributed by atoms with E-state index in [2.05, 4.69) is 9.97 Å². The number of rotatable bonds is 4. The molecule has 1 heterocycles. The molecule has 0 aliphatic heterocycles. The Labute approximate surface area is 99.3 Å². The van der Waals surface area contributed by atoms with Crippen LogP contribution < -0.4 is 4.74 Å². The maximum atomic E-state index is 10.7. The van der Waals surface area contributed by atoms with Gasteiger partial charge in [0.1, 0.15) is 18.1 Å². The van der Waals surface area contributed by atoms with E-state index in [1.165, 1.54) is 0 Å². The van der Waals surface area contributed by atoms with E-state index in [4.69, 9.17) is 4.74 Å². The summed E-state index contributed by atoms with van der Waals surface area (Å²) >= 11 is 0. The SMILES string of the molecule is Cc1cc(C=O)nc(COc2ccccc2)n1. The third kappa shape index (κ3) is 3.11. The summed E-state index contributed by atoms with van der Waals surface area (Å²) in [5, 5.41) is 0. The fraction of sp³-hybridized carbons (Fsp3) is 0.154. The molecule has 86 valence electrons. The van der Waals surface area contributed by atoms with Gasteiger partial charge in [0.15, 0.2) is 12.1 Å². The van der Waals surface area contributed by atoms with Crippen molar-refractivity contribution in [2.45, 2.75) is 13.5 Å². The monoisotopic (exact) mass is 228 g/mol. The van der Waals surface area contributed by atoms with Gasteiger partial charge in [-0.25, -0.2) is 9.97 Å². The summed E-state index contributed by atoms with van der Waals surface area (Å²) in [6.45, 7) is 2.08. The predicted octanol–water partition coefficient (Wildman–Crippen LogP) is 2.18. The Morgan fingerprint density at radius 3 is 2.71 bits per heavy atom. The zero-order valence-electron chi connectivity index (χ0n) is 9.46. The van der Waals surface area contributed by atoms with Gasteiger partial charge in [-0.2, -0.15) is 0 Å². The highest BCUT2D eigenvalue weighted by atomic mass is 16.5. The minimum absolute atomic E-state index is 0.256. The molecule has 17 heavy (non-hydrogen) atoms. The van der Waals surface area contributed by atoms with Crippen LogP contribution in [0.2, 0.25) is 0 Å². The van der Waals surface area contributed by atoms with Crippen molar-refractivity contribution < 1.29 is 9.53 Å². The summed E-state index contributed by atoms with van der Waals surface area (Å²) in [6.07, 6.45) is 0.709. The highest BCUT2D eigenvalue weighted by molar-refractivity contribution is 5.71. The van der Waals surface area contributed by atoms with E-state index in [0.717, 1.165) is 11.4 Å². The van der Waals surface area contributed by atoms with Gasteiger partial charge in [-0.1, -0.05) is 18.2 Å². The molecule has 0 radical (unpaired) electrons. The molecule has 0 atom stereocenters. The zero-order chi connectivity index (χ0) is 12.1. The molecule has 0 saturated heterocycles. The summed E-state index contributed by atoms with van der Waals surface area (Å²) in [5.74, 6) is 1.27. The molecule has 0 fully saturated rings. The lowest BCUT2D eigenvalue weighted by molar-refractivity contribution is 0.111. The lowest BCUT2D eigenvalue weighted by atomic mass is 10.3. The Balaban J connectivity index is 2.09. The fourth-order valence-corrected chi connectivity index (χ4v) is 1.45. The Bertz CT molecular complexity index is 512. The smallest absolute Gasteiger partial charge is 0.168 e. The lowest BCUT2D eigenvalue weighted by Crippen LogP contribution is -2.05. The van der Waals surface area contributed by atoms with Crippen molar-refractivity contribution in [3.8, 4) is 5.75 Å². The van der Waals surface area contributed by atoms with Gasteiger partial charge >= 0.3 is 0 Å². The van der Waals surface area contributed by atoms with E-state index < -0.39 is 0 Å². The minimum Gasteiger partial charge on any atom is -0.486 e. The van der Waals surface area contributed by atoms with Gasteiger partial charge in [0.2, 0.25) is 0 Å². The van der Waals surface area contributed by atoms with E-state index in [-0.39, 0.29) is 6.61 Å². The number of hydrogen-bond acceptors (Lipinski definition) is 4. The molecule has 1 aromatic heterocycles. The first-order valence-electron chi connectivity index (χ1n) is 5.25. The Morgan fingerprint density at radius 2 is 2.00 bits per heavy atom. The molecule has 0 bridgehead atoms. The molecule has 0 unspecified atom stereocenters. The van der Waals surface area contributed by atoms with E-state index in [0.29, 0.717) is 17.8 Å². The zero-order valence-corrected chi connectivity index (χ0v) is 9.46. The van der Waals surface area contributed by atoms with Gasteiger partial charge in [-0.3, -0.25) is 4.79 Å². The number of aromatic nitrogens is 2. The summed E-state index contributed by atoms with van der Waals surface area (Å²) in [4.78, 5) is 18.9. The van der Waals surface area contributed by atoms with E-state index in [1.54, 1.807) is 6.07 Å². The van der Waals surface area contributed by atoms with Crippen LogP contribution in [0.4, 0.5) is 0 Å². The number of ether oxygens (including phenoxy) is 1. The largest absolute Gasteiger partial charge is 0.486 e. The second kappa shape index (κ2) is 5.21. The minimum atomic E-state index is 0.256. The van der Waals surface area contributed by atoms with Crippen LogP contribution >= 0.6 is 0 Å². The van der Waals surface area contributed by atoms with E-state index in [1.807, 2.05) is 37.3 Å². The first-order chi connectivity index (χ1) is 8.28. The van der Waals surface area contributed by atoms with Gasteiger partial charge in [-0.15, -0.1) is 0 Å².